The lowest BCUT2D eigenvalue weighted by Crippen LogP contribution is -2.48. The van der Waals surface area contributed by atoms with Crippen molar-refractivity contribution in [3.8, 4) is 0 Å². The van der Waals surface area contributed by atoms with E-state index in [1.54, 1.807) is 12.1 Å². The standard InChI is InChI=1S/C16H19BrO5/c1-2-14-19-12-8-11(13(9-17)21-16(12)22-14)20-15(18)10-6-4-3-5-7-10/h3-7,11-14,16H,2,8-9H2,1H3/t11-,12+,13+,14?,16+/m0/s1. The van der Waals surface area contributed by atoms with Crippen molar-refractivity contribution in [1.29, 1.82) is 0 Å². The maximum atomic E-state index is 12.2. The van der Waals surface area contributed by atoms with E-state index >= 15 is 0 Å². The van der Waals surface area contributed by atoms with Gasteiger partial charge in [-0.25, -0.2) is 4.79 Å². The first-order valence-corrected chi connectivity index (χ1v) is 8.61. The smallest absolute Gasteiger partial charge is 0.338 e. The van der Waals surface area contributed by atoms with E-state index in [1.165, 1.54) is 0 Å². The van der Waals surface area contributed by atoms with Crippen LogP contribution in [0, 0.1) is 0 Å². The van der Waals surface area contributed by atoms with Crippen molar-refractivity contribution in [3.63, 3.8) is 0 Å². The number of carbonyl (C=O) groups is 1. The summed E-state index contributed by atoms with van der Waals surface area (Å²) in [5.41, 5.74) is 0.535. The molecule has 0 bridgehead atoms. The Balaban J connectivity index is 1.66. The summed E-state index contributed by atoms with van der Waals surface area (Å²) >= 11 is 3.41. The molecule has 5 atom stereocenters. The Bertz CT molecular complexity index is 509. The van der Waals surface area contributed by atoms with E-state index in [0.29, 0.717) is 17.3 Å². The van der Waals surface area contributed by atoms with Crippen LogP contribution < -0.4 is 0 Å². The molecule has 22 heavy (non-hydrogen) atoms. The van der Waals surface area contributed by atoms with Gasteiger partial charge in [0.15, 0.2) is 12.6 Å². The summed E-state index contributed by atoms with van der Waals surface area (Å²) in [6.07, 6.45) is -0.0528. The zero-order valence-corrected chi connectivity index (χ0v) is 13.9. The van der Waals surface area contributed by atoms with Gasteiger partial charge >= 0.3 is 5.97 Å². The second-order valence-corrected chi connectivity index (χ2v) is 6.04. The number of hydrogen-bond acceptors (Lipinski definition) is 5. The summed E-state index contributed by atoms with van der Waals surface area (Å²) in [7, 11) is 0. The highest BCUT2D eigenvalue weighted by Crippen LogP contribution is 2.33. The third-order valence-electron chi connectivity index (χ3n) is 3.86. The van der Waals surface area contributed by atoms with Crippen LogP contribution in [0.25, 0.3) is 0 Å². The van der Waals surface area contributed by atoms with Crippen molar-refractivity contribution in [2.24, 2.45) is 0 Å². The molecule has 2 aliphatic rings. The average Bonchev–Trinajstić information content (AvgIpc) is 2.96. The zero-order chi connectivity index (χ0) is 15.5. The summed E-state index contributed by atoms with van der Waals surface area (Å²) < 4.78 is 22.9. The van der Waals surface area contributed by atoms with Gasteiger partial charge in [0.05, 0.1) is 5.56 Å². The molecule has 0 radical (unpaired) electrons. The van der Waals surface area contributed by atoms with Crippen LogP contribution in [-0.4, -0.2) is 42.2 Å². The molecule has 5 nitrogen and oxygen atoms in total. The lowest BCUT2D eigenvalue weighted by Gasteiger charge is -2.35. The van der Waals surface area contributed by atoms with Gasteiger partial charge in [0, 0.05) is 11.8 Å². The largest absolute Gasteiger partial charge is 0.456 e. The van der Waals surface area contributed by atoms with Crippen molar-refractivity contribution in [3.05, 3.63) is 35.9 Å². The Kier molecular flexibility index (Phi) is 5.13. The molecule has 1 unspecified atom stereocenters. The summed E-state index contributed by atoms with van der Waals surface area (Å²) in [6.45, 7) is 2.00. The van der Waals surface area contributed by atoms with Gasteiger partial charge in [-0.05, 0) is 18.6 Å². The number of hydrogen-bond donors (Lipinski definition) is 0. The molecule has 6 heteroatoms. The number of carbonyl (C=O) groups excluding carboxylic acids is 1. The normalized spacial score (nSPS) is 34.2. The molecule has 0 saturated carbocycles. The number of alkyl halides is 1. The van der Waals surface area contributed by atoms with E-state index in [0.717, 1.165) is 6.42 Å². The summed E-state index contributed by atoms with van der Waals surface area (Å²) in [5, 5.41) is 0.573. The predicted molar refractivity (Wildman–Crippen MR) is 82.8 cm³/mol. The van der Waals surface area contributed by atoms with Crippen LogP contribution in [-0.2, 0) is 18.9 Å². The Morgan fingerprint density at radius 3 is 2.73 bits per heavy atom. The first kappa shape index (κ1) is 15.9. The predicted octanol–water partition coefficient (Wildman–Crippen LogP) is 2.87. The van der Waals surface area contributed by atoms with Crippen LogP contribution in [0.15, 0.2) is 30.3 Å². The minimum atomic E-state index is -0.376. The van der Waals surface area contributed by atoms with Gasteiger partial charge in [0.25, 0.3) is 0 Å². The number of ether oxygens (including phenoxy) is 4. The summed E-state index contributed by atoms with van der Waals surface area (Å²) in [4.78, 5) is 12.2. The summed E-state index contributed by atoms with van der Waals surface area (Å²) in [5.74, 6) is -0.343. The molecule has 2 fully saturated rings. The molecule has 1 aromatic rings. The maximum Gasteiger partial charge on any atom is 0.338 e. The Labute approximate surface area is 138 Å². The van der Waals surface area contributed by atoms with E-state index in [9.17, 15) is 4.79 Å². The number of halogens is 1. The fourth-order valence-corrected chi connectivity index (χ4v) is 3.26. The third-order valence-corrected chi connectivity index (χ3v) is 4.50. The van der Waals surface area contributed by atoms with Crippen LogP contribution in [0.3, 0.4) is 0 Å². The Morgan fingerprint density at radius 2 is 2.05 bits per heavy atom. The second-order valence-electron chi connectivity index (χ2n) is 5.39. The lowest BCUT2D eigenvalue weighted by atomic mass is 10.0. The molecular weight excluding hydrogens is 352 g/mol. The Morgan fingerprint density at radius 1 is 1.27 bits per heavy atom. The quantitative estimate of drug-likeness (QED) is 0.602. The van der Waals surface area contributed by atoms with E-state index in [2.05, 4.69) is 15.9 Å². The highest BCUT2D eigenvalue weighted by molar-refractivity contribution is 9.09. The van der Waals surface area contributed by atoms with Crippen LogP contribution in [0.4, 0.5) is 0 Å². The monoisotopic (exact) mass is 370 g/mol. The van der Waals surface area contributed by atoms with Gasteiger partial charge in [-0.1, -0.05) is 41.1 Å². The van der Waals surface area contributed by atoms with E-state index in [-0.39, 0.29) is 36.9 Å². The number of fused-ring (bicyclic) bond motifs is 1. The molecule has 2 aliphatic heterocycles. The number of rotatable bonds is 4. The lowest BCUT2D eigenvalue weighted by molar-refractivity contribution is -0.207. The molecule has 0 amide bonds. The fourth-order valence-electron chi connectivity index (χ4n) is 2.69. The molecule has 0 N–H and O–H groups in total. The zero-order valence-electron chi connectivity index (χ0n) is 12.3. The third kappa shape index (κ3) is 3.35. The second kappa shape index (κ2) is 7.08. The minimum absolute atomic E-state index is 0.186. The highest BCUT2D eigenvalue weighted by atomic mass is 79.9. The maximum absolute atomic E-state index is 12.2. The van der Waals surface area contributed by atoms with Crippen LogP contribution >= 0.6 is 15.9 Å². The summed E-state index contributed by atoms with van der Waals surface area (Å²) in [6, 6.07) is 8.96. The van der Waals surface area contributed by atoms with Gasteiger partial charge in [0.2, 0.25) is 0 Å². The molecule has 2 heterocycles. The van der Waals surface area contributed by atoms with Gasteiger partial charge in [-0.15, -0.1) is 0 Å². The van der Waals surface area contributed by atoms with Crippen molar-refractivity contribution in [2.45, 2.75) is 50.7 Å². The Hall–Kier alpha value is -0.950. The SMILES string of the molecule is CCC1O[C@H]2O[C@H](CBr)[C@@H](OC(=O)c3ccccc3)C[C@H]2O1. The van der Waals surface area contributed by atoms with Crippen LogP contribution in [0.2, 0.25) is 0 Å². The molecule has 2 saturated heterocycles. The molecule has 120 valence electrons. The van der Waals surface area contributed by atoms with Crippen LogP contribution in [0.1, 0.15) is 30.1 Å². The molecular formula is C16H19BrO5. The number of esters is 1. The molecule has 0 aromatic heterocycles. The van der Waals surface area contributed by atoms with E-state index in [1.807, 2.05) is 25.1 Å². The van der Waals surface area contributed by atoms with Crippen LogP contribution in [0.5, 0.6) is 0 Å². The first-order valence-electron chi connectivity index (χ1n) is 7.49. The average molecular weight is 371 g/mol. The van der Waals surface area contributed by atoms with Gasteiger partial charge < -0.3 is 18.9 Å². The minimum Gasteiger partial charge on any atom is -0.456 e. The topological polar surface area (TPSA) is 54.0 Å². The van der Waals surface area contributed by atoms with Crippen molar-refractivity contribution in [1.82, 2.24) is 0 Å². The fraction of sp³-hybridized carbons (Fsp3) is 0.562. The van der Waals surface area contributed by atoms with Crippen molar-refractivity contribution < 1.29 is 23.7 Å². The van der Waals surface area contributed by atoms with Crippen molar-refractivity contribution >= 4 is 21.9 Å². The van der Waals surface area contributed by atoms with Gasteiger partial charge in [0.1, 0.15) is 18.3 Å². The van der Waals surface area contributed by atoms with Gasteiger partial charge in [-0.2, -0.15) is 0 Å². The van der Waals surface area contributed by atoms with E-state index in [4.69, 9.17) is 18.9 Å². The first-order chi connectivity index (χ1) is 10.7. The molecule has 0 spiro atoms. The highest BCUT2D eigenvalue weighted by Gasteiger charge is 2.46. The molecule has 1 aromatic carbocycles. The van der Waals surface area contributed by atoms with E-state index < -0.39 is 0 Å². The molecule has 0 aliphatic carbocycles. The van der Waals surface area contributed by atoms with Gasteiger partial charge in [-0.3, -0.25) is 0 Å². The van der Waals surface area contributed by atoms with Crippen molar-refractivity contribution in [2.75, 3.05) is 5.33 Å². The number of benzene rings is 1. The molecule has 3 rings (SSSR count).